The Balaban J connectivity index is 0.000000280. The van der Waals surface area contributed by atoms with E-state index < -0.39 is 11.9 Å². The molecule has 0 saturated heterocycles. The largest absolute Gasteiger partial charge is 0.508 e. The lowest BCUT2D eigenvalue weighted by atomic mass is 10.2. The van der Waals surface area contributed by atoms with Crippen molar-refractivity contribution in [3.63, 3.8) is 0 Å². The summed E-state index contributed by atoms with van der Waals surface area (Å²) in [5.41, 5.74) is 0.341. The Kier molecular flexibility index (Phi) is 12.1. The molecule has 0 aliphatic carbocycles. The van der Waals surface area contributed by atoms with E-state index in [1.54, 1.807) is 30.4 Å². The van der Waals surface area contributed by atoms with Crippen LogP contribution in [0.15, 0.2) is 79.9 Å². The molecule has 10 heteroatoms. The molecule has 0 amide bonds. The summed E-state index contributed by atoms with van der Waals surface area (Å²) in [4.78, 5) is 20.9. The van der Waals surface area contributed by atoms with Gasteiger partial charge in [0.1, 0.15) is 58.8 Å². The lowest BCUT2D eigenvalue weighted by Crippen LogP contribution is -1.99. The van der Waals surface area contributed by atoms with Crippen molar-refractivity contribution >= 4 is 11.9 Å². The van der Waals surface area contributed by atoms with E-state index in [0.29, 0.717) is 24.7 Å². The van der Waals surface area contributed by atoms with Gasteiger partial charge in [0.05, 0.1) is 0 Å². The number of phenolic OH excluding ortho intramolecular Hbond substituents is 2. The number of carboxylic acid groups (broad SMARTS) is 2. The zero-order valence-corrected chi connectivity index (χ0v) is 20.0. The first kappa shape index (κ1) is 29.9. The van der Waals surface area contributed by atoms with Gasteiger partial charge < -0.3 is 40.1 Å². The van der Waals surface area contributed by atoms with E-state index in [1.807, 2.05) is 6.92 Å². The molecule has 0 aliphatic rings. The van der Waals surface area contributed by atoms with Gasteiger partial charge in [0.15, 0.2) is 0 Å². The number of carbonyl (C=O) groups is 2. The molecular weight excluding hydrogens is 484 g/mol. The smallest absolute Gasteiger partial charge is 0.339 e. The highest BCUT2D eigenvalue weighted by molar-refractivity contribution is 5.91. The molecule has 0 saturated carbocycles. The first-order chi connectivity index (χ1) is 17.5. The fourth-order valence-corrected chi connectivity index (χ4v) is 2.50. The van der Waals surface area contributed by atoms with Crippen LogP contribution in [0, 0.1) is 6.92 Å². The highest BCUT2D eigenvalue weighted by atomic mass is 16.5. The third kappa shape index (κ3) is 10.4. The summed E-state index contributed by atoms with van der Waals surface area (Å²) in [6.45, 7) is 9.62. The molecule has 3 aromatic carbocycles. The van der Waals surface area contributed by atoms with Crippen LogP contribution < -0.4 is 9.47 Å². The summed E-state index contributed by atoms with van der Waals surface area (Å²) in [5.74, 6) is -1.82. The molecule has 0 unspecified atom stereocenters. The molecule has 0 bridgehead atoms. The van der Waals surface area contributed by atoms with Crippen molar-refractivity contribution in [3.05, 3.63) is 96.6 Å². The molecule has 0 radical (unpaired) electrons. The molecule has 10 nitrogen and oxygen atoms in total. The van der Waals surface area contributed by atoms with Crippen LogP contribution in [0.25, 0.3) is 0 Å². The topological polar surface area (TPSA) is 174 Å². The van der Waals surface area contributed by atoms with Crippen molar-refractivity contribution in [2.45, 2.75) is 6.92 Å². The molecule has 0 spiro atoms. The number of aromatic hydroxyl groups is 4. The minimum absolute atomic E-state index is 0.174. The number of carboxylic acids is 2. The van der Waals surface area contributed by atoms with Crippen molar-refractivity contribution in [2.24, 2.45) is 0 Å². The number of benzene rings is 3. The minimum atomic E-state index is -1.27. The van der Waals surface area contributed by atoms with Crippen molar-refractivity contribution in [2.75, 3.05) is 13.2 Å². The molecule has 196 valence electrons. The number of phenols is 4. The van der Waals surface area contributed by atoms with Crippen LogP contribution in [-0.4, -0.2) is 55.8 Å². The summed E-state index contributed by atoms with van der Waals surface area (Å²) in [6.07, 6.45) is 3.23. The second-order valence-corrected chi connectivity index (χ2v) is 7.14. The lowest BCUT2D eigenvalue weighted by Gasteiger charge is -2.05. The van der Waals surface area contributed by atoms with E-state index in [1.165, 1.54) is 24.3 Å². The van der Waals surface area contributed by atoms with E-state index in [2.05, 4.69) is 13.2 Å². The van der Waals surface area contributed by atoms with Crippen LogP contribution in [0.1, 0.15) is 26.3 Å². The number of aromatic carboxylic acids is 2. The van der Waals surface area contributed by atoms with Crippen LogP contribution in [-0.2, 0) is 0 Å². The molecule has 0 fully saturated rings. The van der Waals surface area contributed by atoms with Gasteiger partial charge in [-0.05, 0) is 67.1 Å². The van der Waals surface area contributed by atoms with E-state index >= 15 is 0 Å². The Morgan fingerprint density at radius 3 is 1.57 bits per heavy atom. The summed E-state index contributed by atoms with van der Waals surface area (Å²) in [5, 5.41) is 53.2. The Morgan fingerprint density at radius 1 is 0.703 bits per heavy atom. The van der Waals surface area contributed by atoms with E-state index in [0.717, 1.165) is 23.4 Å². The zero-order valence-electron chi connectivity index (χ0n) is 20.0. The van der Waals surface area contributed by atoms with Gasteiger partial charge in [0.25, 0.3) is 0 Å². The van der Waals surface area contributed by atoms with Gasteiger partial charge in [0.2, 0.25) is 0 Å². The maximum atomic E-state index is 10.6. The normalized spacial score (nSPS) is 9.43. The maximum Gasteiger partial charge on any atom is 0.339 e. The predicted molar refractivity (Wildman–Crippen MR) is 136 cm³/mol. The number of hydrogen-bond acceptors (Lipinski definition) is 8. The van der Waals surface area contributed by atoms with Gasteiger partial charge >= 0.3 is 11.9 Å². The van der Waals surface area contributed by atoms with Gasteiger partial charge in [-0.1, -0.05) is 25.3 Å². The fraction of sp³-hybridized carbons (Fsp3) is 0.111. The Bertz CT molecular complexity index is 1230. The molecule has 6 N–H and O–H groups in total. The van der Waals surface area contributed by atoms with Gasteiger partial charge in [-0.25, -0.2) is 9.59 Å². The first-order valence-electron chi connectivity index (χ1n) is 10.6. The Hall–Kier alpha value is -5.12. The molecule has 3 rings (SSSR count). The van der Waals surface area contributed by atoms with Gasteiger partial charge in [0, 0.05) is 0 Å². The van der Waals surface area contributed by atoms with Crippen molar-refractivity contribution in [1.82, 2.24) is 0 Å². The molecule has 3 aromatic rings. The van der Waals surface area contributed by atoms with Crippen LogP contribution in [0.2, 0.25) is 0 Å². The molecule has 0 heterocycles. The summed E-state index contributed by atoms with van der Waals surface area (Å²) < 4.78 is 10.4. The monoisotopic (exact) mass is 512 g/mol. The molecular formula is C27H28O10. The minimum Gasteiger partial charge on any atom is -0.508 e. The average molecular weight is 513 g/mol. The van der Waals surface area contributed by atoms with E-state index in [-0.39, 0.29) is 28.4 Å². The summed E-state index contributed by atoms with van der Waals surface area (Å²) in [7, 11) is 0. The van der Waals surface area contributed by atoms with E-state index in [9.17, 15) is 19.8 Å². The quantitative estimate of drug-likeness (QED) is 0.183. The summed E-state index contributed by atoms with van der Waals surface area (Å²) >= 11 is 0. The average Bonchev–Trinajstić information content (AvgIpc) is 2.86. The van der Waals surface area contributed by atoms with Gasteiger partial charge in [-0.3, -0.25) is 0 Å². The van der Waals surface area contributed by atoms with Crippen molar-refractivity contribution in [3.8, 4) is 34.5 Å². The maximum absolute atomic E-state index is 10.6. The van der Waals surface area contributed by atoms with Crippen LogP contribution in [0.4, 0.5) is 0 Å². The zero-order chi connectivity index (χ0) is 28.0. The van der Waals surface area contributed by atoms with E-state index in [4.69, 9.17) is 29.9 Å². The van der Waals surface area contributed by atoms with Crippen LogP contribution >= 0.6 is 0 Å². The van der Waals surface area contributed by atoms with Crippen LogP contribution in [0.5, 0.6) is 34.5 Å². The number of rotatable bonds is 8. The lowest BCUT2D eigenvalue weighted by molar-refractivity contribution is 0.0682. The number of aryl methyl sites for hydroxylation is 1. The highest BCUT2D eigenvalue weighted by Gasteiger charge is 2.10. The van der Waals surface area contributed by atoms with Crippen LogP contribution in [0.3, 0.4) is 0 Å². The number of ether oxygens (including phenoxy) is 2. The second kappa shape index (κ2) is 15.0. The first-order valence-corrected chi connectivity index (χ1v) is 10.6. The van der Waals surface area contributed by atoms with Gasteiger partial charge in [-0.15, -0.1) is 0 Å². The number of hydrogen-bond donors (Lipinski definition) is 6. The molecule has 37 heavy (non-hydrogen) atoms. The van der Waals surface area contributed by atoms with Gasteiger partial charge in [-0.2, -0.15) is 0 Å². The Labute approximate surface area is 213 Å². The standard InChI is InChI=1S/C10H10O4.C10H12O2.C7H6O4/c1-2-5-14-7-3-4-9(11)8(6-7)10(12)13;1-3-6-12-9-4-5-10(11)8(2)7-9;8-4-1-2-6(9)5(3-4)7(10)11/h2-4,6,11H,1,5H2,(H,12,13);3-5,7,11H,1,6H2,2H3;1-3,8-9H,(H,10,11). The summed E-state index contributed by atoms with van der Waals surface area (Å²) in [6, 6.07) is 12.5. The predicted octanol–water partition coefficient (Wildman–Crippen LogP) is 4.72. The SMILES string of the molecule is C=CCOc1ccc(O)c(C(=O)O)c1.C=CCOc1ccc(O)c(C)c1.O=C(O)c1cc(O)ccc1O. The second-order valence-electron chi connectivity index (χ2n) is 7.14. The fourth-order valence-electron chi connectivity index (χ4n) is 2.50. The van der Waals surface area contributed by atoms with Crippen molar-refractivity contribution < 1.29 is 49.7 Å². The van der Waals surface area contributed by atoms with Crippen molar-refractivity contribution in [1.29, 1.82) is 0 Å². The third-order valence-corrected chi connectivity index (χ3v) is 4.31. The molecule has 0 aliphatic heterocycles. The Morgan fingerprint density at radius 2 is 1.14 bits per heavy atom. The highest BCUT2D eigenvalue weighted by Crippen LogP contribution is 2.23. The molecule has 0 atom stereocenters. The third-order valence-electron chi connectivity index (χ3n) is 4.31. The molecule has 0 aromatic heterocycles.